The molecule has 0 aliphatic heterocycles. The van der Waals surface area contributed by atoms with E-state index >= 15 is 0 Å². The van der Waals surface area contributed by atoms with Crippen molar-refractivity contribution in [2.75, 3.05) is 0 Å². The van der Waals surface area contributed by atoms with Gasteiger partial charge in [-0.2, -0.15) is 0 Å². The average molecular weight is 174 g/mol. The van der Waals surface area contributed by atoms with Crippen LogP contribution in [0.15, 0.2) is 36.0 Å². The molecule has 0 aromatic carbocycles. The zero-order valence-corrected chi connectivity index (χ0v) is 8.42. The monoisotopic (exact) mass is 174 g/mol. The molecular weight excluding hydrogens is 156 g/mol. The van der Waals surface area contributed by atoms with Crippen molar-refractivity contribution in [2.45, 2.75) is 39.0 Å². The lowest BCUT2D eigenvalue weighted by molar-refractivity contribution is 0.324. The molecule has 2 rings (SSSR count). The predicted molar refractivity (Wildman–Crippen MR) is 57.6 cm³/mol. The van der Waals surface area contributed by atoms with Crippen LogP contribution < -0.4 is 0 Å². The topological polar surface area (TPSA) is 0 Å². The summed E-state index contributed by atoms with van der Waals surface area (Å²) in [5, 5.41) is 0. The zero-order valence-electron chi connectivity index (χ0n) is 8.42. The first-order valence-corrected chi connectivity index (χ1v) is 5.39. The summed E-state index contributed by atoms with van der Waals surface area (Å²) in [6.45, 7) is 2.10. The standard InChI is InChI=1S/C13H18/c1-2-12-6-10-13(11-7-12)8-4-3-5-9-13/h2,6-7,10-11H,3-5,8-9H2,1H3. The largest absolute Gasteiger partial charge is 0.0804 e. The molecule has 0 radical (unpaired) electrons. The number of hydrogen-bond donors (Lipinski definition) is 0. The van der Waals surface area contributed by atoms with Crippen LogP contribution >= 0.6 is 0 Å². The molecule has 0 aromatic heterocycles. The van der Waals surface area contributed by atoms with Crippen LogP contribution in [0, 0.1) is 5.41 Å². The highest BCUT2D eigenvalue weighted by atomic mass is 14.3. The molecule has 0 unspecified atom stereocenters. The minimum absolute atomic E-state index is 0.435. The molecule has 13 heavy (non-hydrogen) atoms. The highest BCUT2D eigenvalue weighted by molar-refractivity contribution is 5.38. The van der Waals surface area contributed by atoms with Gasteiger partial charge in [-0.1, -0.05) is 49.6 Å². The fourth-order valence-electron chi connectivity index (χ4n) is 2.37. The number of hydrogen-bond acceptors (Lipinski definition) is 0. The Morgan fingerprint density at radius 2 is 1.69 bits per heavy atom. The van der Waals surface area contributed by atoms with E-state index in [0.717, 1.165) is 0 Å². The maximum atomic E-state index is 2.42. The van der Waals surface area contributed by atoms with Crippen molar-refractivity contribution in [3.05, 3.63) is 36.0 Å². The second-order valence-corrected chi connectivity index (χ2v) is 4.25. The second-order valence-electron chi connectivity index (χ2n) is 4.25. The molecule has 0 amide bonds. The van der Waals surface area contributed by atoms with Gasteiger partial charge >= 0.3 is 0 Å². The van der Waals surface area contributed by atoms with E-state index in [-0.39, 0.29) is 0 Å². The normalized spacial score (nSPS) is 25.2. The van der Waals surface area contributed by atoms with E-state index in [1.165, 1.54) is 37.7 Å². The fourth-order valence-corrected chi connectivity index (χ4v) is 2.37. The fraction of sp³-hybridized carbons (Fsp3) is 0.538. The Balaban J connectivity index is 2.14. The minimum atomic E-state index is 0.435. The molecule has 0 saturated heterocycles. The lowest BCUT2D eigenvalue weighted by Gasteiger charge is -2.33. The molecule has 0 heteroatoms. The van der Waals surface area contributed by atoms with Crippen LogP contribution in [0.5, 0.6) is 0 Å². The van der Waals surface area contributed by atoms with Crippen molar-refractivity contribution in [3.63, 3.8) is 0 Å². The summed E-state index contributed by atoms with van der Waals surface area (Å²) >= 11 is 0. The highest BCUT2D eigenvalue weighted by Crippen LogP contribution is 2.41. The Morgan fingerprint density at radius 1 is 1.08 bits per heavy atom. The summed E-state index contributed by atoms with van der Waals surface area (Å²) < 4.78 is 0. The van der Waals surface area contributed by atoms with Gasteiger partial charge < -0.3 is 0 Å². The van der Waals surface area contributed by atoms with Gasteiger partial charge in [-0.3, -0.25) is 0 Å². The third kappa shape index (κ3) is 1.77. The van der Waals surface area contributed by atoms with Gasteiger partial charge in [0.1, 0.15) is 0 Å². The molecule has 1 saturated carbocycles. The van der Waals surface area contributed by atoms with Crippen LogP contribution in [-0.2, 0) is 0 Å². The van der Waals surface area contributed by atoms with Crippen LogP contribution in [0.25, 0.3) is 0 Å². The first kappa shape index (κ1) is 8.80. The van der Waals surface area contributed by atoms with E-state index < -0.39 is 0 Å². The maximum Gasteiger partial charge on any atom is 0.00676 e. The molecule has 1 fully saturated rings. The summed E-state index contributed by atoms with van der Waals surface area (Å²) in [7, 11) is 0. The molecule has 2 aliphatic carbocycles. The Hall–Kier alpha value is -0.780. The van der Waals surface area contributed by atoms with Crippen molar-refractivity contribution in [1.82, 2.24) is 0 Å². The third-order valence-electron chi connectivity index (χ3n) is 3.33. The summed E-state index contributed by atoms with van der Waals surface area (Å²) in [4.78, 5) is 0. The molecule has 0 atom stereocenters. The second kappa shape index (κ2) is 3.53. The Morgan fingerprint density at radius 3 is 2.23 bits per heavy atom. The summed E-state index contributed by atoms with van der Waals surface area (Å²) in [6, 6.07) is 0. The summed E-state index contributed by atoms with van der Waals surface area (Å²) in [5.41, 5.74) is 1.79. The Kier molecular flexibility index (Phi) is 2.39. The smallest absolute Gasteiger partial charge is 0.00676 e. The summed E-state index contributed by atoms with van der Waals surface area (Å²) in [5.74, 6) is 0. The number of rotatable bonds is 0. The highest BCUT2D eigenvalue weighted by Gasteiger charge is 2.27. The van der Waals surface area contributed by atoms with Gasteiger partial charge in [-0.15, -0.1) is 0 Å². The Labute approximate surface area is 81.0 Å². The molecule has 0 heterocycles. The zero-order chi connectivity index (χ0) is 9.15. The van der Waals surface area contributed by atoms with Gasteiger partial charge in [0.15, 0.2) is 0 Å². The molecular formula is C13H18. The van der Waals surface area contributed by atoms with Crippen LogP contribution in [0.3, 0.4) is 0 Å². The van der Waals surface area contributed by atoms with Crippen LogP contribution in [0.2, 0.25) is 0 Å². The van der Waals surface area contributed by atoms with E-state index in [1.807, 2.05) is 0 Å². The lowest BCUT2D eigenvalue weighted by atomic mass is 9.72. The molecule has 0 nitrogen and oxygen atoms in total. The maximum absolute atomic E-state index is 2.42. The van der Waals surface area contributed by atoms with E-state index in [2.05, 4.69) is 37.3 Å². The van der Waals surface area contributed by atoms with E-state index in [1.54, 1.807) is 0 Å². The Bertz CT molecular complexity index is 242. The van der Waals surface area contributed by atoms with Crippen molar-refractivity contribution < 1.29 is 0 Å². The van der Waals surface area contributed by atoms with Crippen LogP contribution in [-0.4, -0.2) is 0 Å². The first-order valence-electron chi connectivity index (χ1n) is 5.39. The minimum Gasteiger partial charge on any atom is -0.0804 e. The van der Waals surface area contributed by atoms with Gasteiger partial charge in [-0.25, -0.2) is 0 Å². The summed E-state index contributed by atoms with van der Waals surface area (Å²) in [6.07, 6.45) is 18.5. The van der Waals surface area contributed by atoms with Crippen molar-refractivity contribution in [3.8, 4) is 0 Å². The quantitative estimate of drug-likeness (QED) is 0.520. The third-order valence-corrected chi connectivity index (χ3v) is 3.33. The van der Waals surface area contributed by atoms with Crippen molar-refractivity contribution in [1.29, 1.82) is 0 Å². The van der Waals surface area contributed by atoms with Crippen LogP contribution in [0.1, 0.15) is 39.0 Å². The van der Waals surface area contributed by atoms with Crippen LogP contribution in [0.4, 0.5) is 0 Å². The molecule has 2 aliphatic rings. The van der Waals surface area contributed by atoms with Crippen molar-refractivity contribution in [2.24, 2.45) is 5.41 Å². The van der Waals surface area contributed by atoms with E-state index in [0.29, 0.717) is 5.41 Å². The molecule has 70 valence electrons. The average Bonchev–Trinajstić information content (AvgIpc) is 2.20. The SMILES string of the molecule is CC=C1C=CC2(C=C1)CCCCC2. The van der Waals surface area contributed by atoms with Gasteiger partial charge in [0.2, 0.25) is 0 Å². The lowest BCUT2D eigenvalue weighted by Crippen LogP contribution is -2.20. The molecule has 1 spiro atoms. The van der Waals surface area contributed by atoms with Gasteiger partial charge in [-0.05, 0) is 25.3 Å². The molecule has 0 bridgehead atoms. The first-order chi connectivity index (χ1) is 6.35. The number of allylic oxidation sites excluding steroid dienone is 6. The van der Waals surface area contributed by atoms with Gasteiger partial charge in [0.25, 0.3) is 0 Å². The molecule has 0 N–H and O–H groups in total. The predicted octanol–water partition coefficient (Wildman–Crippen LogP) is 4.01. The molecule has 0 aromatic rings. The van der Waals surface area contributed by atoms with E-state index in [9.17, 15) is 0 Å². The van der Waals surface area contributed by atoms with E-state index in [4.69, 9.17) is 0 Å². The van der Waals surface area contributed by atoms with Crippen molar-refractivity contribution >= 4 is 0 Å². The van der Waals surface area contributed by atoms with Gasteiger partial charge in [0, 0.05) is 5.41 Å². The van der Waals surface area contributed by atoms with Gasteiger partial charge in [0.05, 0.1) is 0 Å².